The van der Waals surface area contributed by atoms with Crippen LogP contribution in [0.5, 0.6) is 0 Å². The second-order valence-corrected chi connectivity index (χ2v) is 11.2. The molecule has 1 N–H and O–H groups in total. The van der Waals surface area contributed by atoms with Gasteiger partial charge in [0.2, 0.25) is 5.91 Å². The number of urea groups is 1. The van der Waals surface area contributed by atoms with Crippen LogP contribution in [0.25, 0.3) is 0 Å². The summed E-state index contributed by atoms with van der Waals surface area (Å²) in [7, 11) is 0. The average molecular weight is 591 g/mol. The normalized spacial score (nSPS) is 15.9. The van der Waals surface area contributed by atoms with Gasteiger partial charge in [-0.25, -0.2) is 14.7 Å². The van der Waals surface area contributed by atoms with Crippen molar-refractivity contribution in [1.29, 1.82) is 0 Å². The van der Waals surface area contributed by atoms with E-state index in [-0.39, 0.29) is 45.8 Å². The standard InChI is InChI=1S/C28H26ClF3N4O3S/c1-4-21(18-8-6-5-7-9-18)24(37)34-23-15-17(14-22(29)33-23)16-35-26(39)36(25(38)27(35,2)3)19-10-12-20(13-11-19)40-28(30,31)32/h5-15,21H,4,16H2,1-3H3,(H,33,34,37). The molecule has 4 amide bonds. The van der Waals surface area contributed by atoms with Crippen LogP contribution in [0.3, 0.4) is 0 Å². The Morgan fingerprint density at radius 1 is 1.07 bits per heavy atom. The van der Waals surface area contributed by atoms with Gasteiger partial charge < -0.3 is 10.2 Å². The van der Waals surface area contributed by atoms with Crippen LogP contribution in [-0.4, -0.2) is 38.8 Å². The topological polar surface area (TPSA) is 82.6 Å². The van der Waals surface area contributed by atoms with Crippen molar-refractivity contribution in [2.24, 2.45) is 0 Å². The molecule has 0 spiro atoms. The molecule has 1 aromatic heterocycles. The number of carbonyl (C=O) groups excluding carboxylic acids is 3. The lowest BCUT2D eigenvalue weighted by Gasteiger charge is -2.28. The molecule has 0 aliphatic carbocycles. The van der Waals surface area contributed by atoms with E-state index >= 15 is 0 Å². The van der Waals surface area contributed by atoms with Crippen molar-refractivity contribution >= 4 is 52.7 Å². The molecule has 1 fully saturated rings. The Hall–Kier alpha value is -3.57. The lowest BCUT2D eigenvalue weighted by Crippen LogP contribution is -2.43. The number of amides is 4. The van der Waals surface area contributed by atoms with Gasteiger partial charge in [0.1, 0.15) is 16.5 Å². The van der Waals surface area contributed by atoms with E-state index in [4.69, 9.17) is 11.6 Å². The highest BCUT2D eigenvalue weighted by Gasteiger charge is 2.51. The van der Waals surface area contributed by atoms with E-state index in [2.05, 4.69) is 10.3 Å². The van der Waals surface area contributed by atoms with Gasteiger partial charge in [0.25, 0.3) is 5.91 Å². The smallest absolute Gasteiger partial charge is 0.310 e. The number of carbonyl (C=O) groups is 3. The maximum Gasteiger partial charge on any atom is 0.446 e. The van der Waals surface area contributed by atoms with E-state index in [1.54, 1.807) is 19.9 Å². The van der Waals surface area contributed by atoms with Gasteiger partial charge >= 0.3 is 11.5 Å². The van der Waals surface area contributed by atoms with Crippen molar-refractivity contribution in [3.05, 3.63) is 83.0 Å². The van der Waals surface area contributed by atoms with Crippen molar-refractivity contribution in [1.82, 2.24) is 9.88 Å². The Bertz CT molecular complexity index is 1420. The third-order valence-electron chi connectivity index (χ3n) is 6.52. The number of thioether (sulfide) groups is 1. The number of aromatic nitrogens is 1. The predicted octanol–water partition coefficient (Wildman–Crippen LogP) is 7.23. The Kier molecular flexibility index (Phi) is 8.46. The monoisotopic (exact) mass is 590 g/mol. The lowest BCUT2D eigenvalue weighted by molar-refractivity contribution is -0.123. The van der Waals surface area contributed by atoms with Crippen molar-refractivity contribution in [3.63, 3.8) is 0 Å². The van der Waals surface area contributed by atoms with Crippen molar-refractivity contribution in [2.75, 3.05) is 10.2 Å². The minimum atomic E-state index is -4.46. The third-order valence-corrected chi connectivity index (χ3v) is 7.46. The Balaban J connectivity index is 1.54. The van der Waals surface area contributed by atoms with Crippen molar-refractivity contribution in [2.45, 2.75) is 55.6 Å². The van der Waals surface area contributed by atoms with E-state index in [1.807, 2.05) is 37.3 Å². The molecule has 1 saturated heterocycles. The summed E-state index contributed by atoms with van der Waals surface area (Å²) in [6.45, 7) is 5.04. The molecule has 1 unspecified atom stereocenters. The number of rotatable bonds is 8. The zero-order valence-corrected chi connectivity index (χ0v) is 23.4. The van der Waals surface area contributed by atoms with Gasteiger partial charge in [-0.05, 0) is 79.6 Å². The molecule has 1 aliphatic rings. The SMILES string of the molecule is CCC(C(=O)Nc1cc(CN2C(=O)N(c3ccc(SC(F)(F)F)cc3)C(=O)C2(C)C)cc(Cl)n1)c1ccccc1. The summed E-state index contributed by atoms with van der Waals surface area (Å²) in [6, 6.07) is 16.8. The predicted molar refractivity (Wildman–Crippen MR) is 148 cm³/mol. The van der Waals surface area contributed by atoms with Gasteiger partial charge in [-0.1, -0.05) is 48.9 Å². The maximum atomic E-state index is 13.4. The fraction of sp³-hybridized carbons (Fsp3) is 0.286. The fourth-order valence-corrected chi connectivity index (χ4v) is 5.26. The first kappa shape index (κ1) is 29.4. The average Bonchev–Trinajstić information content (AvgIpc) is 3.03. The molecular weight excluding hydrogens is 565 g/mol. The highest BCUT2D eigenvalue weighted by molar-refractivity contribution is 8.00. The molecule has 40 heavy (non-hydrogen) atoms. The molecule has 0 bridgehead atoms. The number of hydrogen-bond acceptors (Lipinski definition) is 5. The number of hydrogen-bond donors (Lipinski definition) is 1. The molecule has 2 aromatic carbocycles. The minimum Gasteiger partial charge on any atom is -0.310 e. The number of pyridine rings is 1. The highest BCUT2D eigenvalue weighted by atomic mass is 35.5. The van der Waals surface area contributed by atoms with E-state index in [0.717, 1.165) is 10.5 Å². The lowest BCUT2D eigenvalue weighted by atomic mass is 9.96. The molecule has 3 aromatic rings. The van der Waals surface area contributed by atoms with Crippen LogP contribution in [0, 0.1) is 0 Å². The summed E-state index contributed by atoms with van der Waals surface area (Å²) < 4.78 is 38.1. The van der Waals surface area contributed by atoms with Crippen LogP contribution >= 0.6 is 23.4 Å². The van der Waals surface area contributed by atoms with Gasteiger partial charge in [-0.3, -0.25) is 9.59 Å². The molecular formula is C28H26ClF3N4O3S. The number of alkyl halides is 3. The number of imide groups is 1. The second-order valence-electron chi connectivity index (χ2n) is 9.65. The van der Waals surface area contributed by atoms with Crippen LogP contribution in [0.1, 0.15) is 44.2 Å². The fourth-order valence-electron chi connectivity index (χ4n) is 4.48. The zero-order chi connectivity index (χ0) is 29.2. The van der Waals surface area contributed by atoms with Crippen LogP contribution < -0.4 is 10.2 Å². The van der Waals surface area contributed by atoms with Crippen LogP contribution in [0.4, 0.5) is 29.5 Å². The first-order chi connectivity index (χ1) is 18.8. The molecule has 210 valence electrons. The molecule has 12 heteroatoms. The number of nitrogens with one attached hydrogen (secondary N) is 1. The second kappa shape index (κ2) is 11.5. The van der Waals surface area contributed by atoms with Gasteiger partial charge in [-0.15, -0.1) is 0 Å². The molecule has 1 atom stereocenters. The minimum absolute atomic E-state index is 0.0307. The van der Waals surface area contributed by atoms with E-state index in [9.17, 15) is 27.6 Å². The van der Waals surface area contributed by atoms with Gasteiger partial charge in [0, 0.05) is 11.4 Å². The summed E-state index contributed by atoms with van der Waals surface area (Å²) >= 11 is 5.96. The quantitative estimate of drug-likeness (QED) is 0.170. The number of anilines is 2. The summed E-state index contributed by atoms with van der Waals surface area (Å²) in [5.74, 6) is -1.000. The first-order valence-electron chi connectivity index (χ1n) is 12.3. The van der Waals surface area contributed by atoms with E-state index in [0.29, 0.717) is 12.0 Å². The molecule has 0 radical (unpaired) electrons. The summed E-state index contributed by atoms with van der Waals surface area (Å²) in [5, 5.41) is 2.89. The maximum absolute atomic E-state index is 13.4. The third kappa shape index (κ3) is 6.42. The number of nitrogens with zero attached hydrogens (tertiary/aromatic N) is 3. The summed E-state index contributed by atoms with van der Waals surface area (Å²) in [4.78, 5) is 46.1. The Labute approximate surface area is 238 Å². The molecule has 7 nitrogen and oxygen atoms in total. The molecule has 1 aliphatic heterocycles. The molecule has 4 rings (SSSR count). The van der Waals surface area contributed by atoms with E-state index in [1.165, 1.54) is 35.2 Å². The summed E-state index contributed by atoms with van der Waals surface area (Å²) in [6.07, 6.45) is 0.563. The zero-order valence-electron chi connectivity index (χ0n) is 21.8. The number of benzene rings is 2. The molecule has 0 saturated carbocycles. The van der Waals surface area contributed by atoms with E-state index < -0.39 is 28.9 Å². The Morgan fingerprint density at radius 2 is 1.73 bits per heavy atom. The molecule has 2 heterocycles. The largest absolute Gasteiger partial charge is 0.446 e. The first-order valence-corrected chi connectivity index (χ1v) is 13.5. The van der Waals surface area contributed by atoms with Gasteiger partial charge in [0.05, 0.1) is 11.6 Å². The Morgan fingerprint density at radius 3 is 2.33 bits per heavy atom. The van der Waals surface area contributed by atoms with Crippen LogP contribution in [-0.2, 0) is 16.1 Å². The van der Waals surface area contributed by atoms with Crippen molar-refractivity contribution in [3.8, 4) is 0 Å². The summed E-state index contributed by atoms with van der Waals surface area (Å²) in [5.41, 5.74) is -4.18. The van der Waals surface area contributed by atoms with Crippen LogP contribution in [0.2, 0.25) is 5.15 Å². The van der Waals surface area contributed by atoms with Gasteiger partial charge in [0.15, 0.2) is 0 Å². The number of halogens is 4. The highest BCUT2D eigenvalue weighted by Crippen LogP contribution is 2.39. The van der Waals surface area contributed by atoms with Gasteiger partial charge in [-0.2, -0.15) is 13.2 Å². The van der Waals surface area contributed by atoms with Crippen LogP contribution in [0.15, 0.2) is 71.6 Å². The van der Waals surface area contributed by atoms with Crippen molar-refractivity contribution < 1.29 is 27.6 Å².